The molecule has 2 atom stereocenters. The second kappa shape index (κ2) is 8.67. The van der Waals surface area contributed by atoms with Gasteiger partial charge in [0, 0.05) is 45.4 Å². The zero-order valence-electron chi connectivity index (χ0n) is 18.8. The van der Waals surface area contributed by atoms with Crippen molar-refractivity contribution in [3.05, 3.63) is 64.7 Å². The van der Waals surface area contributed by atoms with Crippen molar-refractivity contribution in [2.75, 3.05) is 39.3 Å². The van der Waals surface area contributed by atoms with Crippen LogP contribution in [0.5, 0.6) is 5.75 Å². The maximum absolute atomic E-state index is 13.1. The first kappa shape index (κ1) is 21.9. The molecule has 2 aliphatic heterocycles. The first-order valence-electron chi connectivity index (χ1n) is 10.7. The molecule has 0 saturated carbocycles. The number of nitrogens with zero attached hydrogens (tertiary/aromatic N) is 2. The number of rotatable bonds is 6. The molecule has 1 fully saturated rings. The van der Waals surface area contributed by atoms with E-state index in [-0.39, 0.29) is 30.6 Å². The number of aliphatic hydroxyl groups excluding tert-OH is 1. The van der Waals surface area contributed by atoms with E-state index in [9.17, 15) is 14.7 Å². The third-order valence-electron chi connectivity index (χ3n) is 5.97. The minimum atomic E-state index is -0.690. The number of fused-ring (bicyclic) bond motifs is 1. The maximum atomic E-state index is 13.1. The van der Waals surface area contributed by atoms with Gasteiger partial charge in [-0.25, -0.2) is 0 Å². The van der Waals surface area contributed by atoms with Crippen molar-refractivity contribution in [3.63, 3.8) is 0 Å². The molecule has 0 unspecified atom stereocenters. The Morgan fingerprint density at radius 3 is 2.56 bits per heavy atom. The first-order valence-corrected chi connectivity index (χ1v) is 10.7. The normalized spacial score (nSPS) is 21.6. The minimum Gasteiger partial charge on any atom is -0.507 e. The Kier molecular flexibility index (Phi) is 5.93. The molecular weight excluding hydrogens is 408 g/mol. The minimum absolute atomic E-state index is 0.0669. The molecule has 0 radical (unpaired) electrons. The van der Waals surface area contributed by atoms with Crippen LogP contribution in [-0.2, 0) is 20.7 Å². The van der Waals surface area contributed by atoms with Gasteiger partial charge in [0.25, 0.3) is 11.7 Å². The molecule has 2 aromatic rings. The highest BCUT2D eigenvalue weighted by molar-refractivity contribution is 6.46. The Morgan fingerprint density at radius 1 is 1.19 bits per heavy atom. The number of likely N-dealkylation sites (tertiary alicyclic amines) is 1. The lowest BCUT2D eigenvalue weighted by atomic mass is 9.94. The van der Waals surface area contributed by atoms with E-state index in [1.165, 1.54) is 4.90 Å². The third kappa shape index (κ3) is 3.84. The summed E-state index contributed by atoms with van der Waals surface area (Å²) in [5.41, 5.74) is 3.32. The van der Waals surface area contributed by atoms with Crippen molar-refractivity contribution in [2.24, 2.45) is 0 Å². The molecule has 2 aromatic carbocycles. The monoisotopic (exact) mass is 436 g/mol. The van der Waals surface area contributed by atoms with E-state index in [0.29, 0.717) is 5.56 Å². The number of hydrogen-bond donors (Lipinski definition) is 1. The number of hydrogen-bond acceptors (Lipinski definition) is 6. The molecule has 0 bridgehead atoms. The first-order chi connectivity index (χ1) is 15.3. The van der Waals surface area contributed by atoms with E-state index in [1.54, 1.807) is 19.2 Å². The number of carbonyl (C=O) groups is 2. The smallest absolute Gasteiger partial charge is 0.295 e. The van der Waals surface area contributed by atoms with Crippen molar-refractivity contribution in [2.45, 2.75) is 25.5 Å². The number of Topliss-reactive ketones (excluding diaryl/α,β-unsaturated/α-hetero) is 1. The Balaban J connectivity index is 1.81. The number of amides is 1. The fourth-order valence-electron chi connectivity index (χ4n) is 4.33. The zero-order valence-corrected chi connectivity index (χ0v) is 18.8. The van der Waals surface area contributed by atoms with Crippen LogP contribution in [0.15, 0.2) is 48.0 Å². The summed E-state index contributed by atoms with van der Waals surface area (Å²) in [7, 11) is 5.43. The van der Waals surface area contributed by atoms with E-state index in [1.807, 2.05) is 56.3 Å². The summed E-state index contributed by atoms with van der Waals surface area (Å²) in [4.78, 5) is 29.4. The molecule has 32 heavy (non-hydrogen) atoms. The molecule has 0 aliphatic carbocycles. The van der Waals surface area contributed by atoms with Gasteiger partial charge in [-0.15, -0.1) is 0 Å². The van der Waals surface area contributed by atoms with Crippen LogP contribution < -0.4 is 9.64 Å². The molecule has 7 heteroatoms. The second-order valence-corrected chi connectivity index (χ2v) is 8.43. The SMILES string of the molecule is COCCN1C(=O)C(=O)C(=C(O)c2ccc3c(c2)C[C@H](C)O3)[C@H]1c1ccc(N(C)C)cc1. The van der Waals surface area contributed by atoms with Crippen LogP contribution in [0.1, 0.15) is 29.7 Å². The lowest BCUT2D eigenvalue weighted by molar-refractivity contribution is -0.140. The zero-order chi connectivity index (χ0) is 23.0. The predicted octanol–water partition coefficient (Wildman–Crippen LogP) is 3.14. The molecule has 4 rings (SSSR count). The number of benzene rings is 2. The van der Waals surface area contributed by atoms with Gasteiger partial charge in [-0.05, 0) is 48.4 Å². The van der Waals surface area contributed by atoms with Crippen LogP contribution in [0, 0.1) is 0 Å². The lowest BCUT2D eigenvalue weighted by Crippen LogP contribution is -2.32. The molecule has 0 aromatic heterocycles. The number of ketones is 1. The molecule has 0 spiro atoms. The second-order valence-electron chi connectivity index (χ2n) is 8.43. The number of carbonyl (C=O) groups excluding carboxylic acids is 2. The van der Waals surface area contributed by atoms with Gasteiger partial charge in [-0.1, -0.05) is 12.1 Å². The van der Waals surface area contributed by atoms with Gasteiger partial charge in [0.05, 0.1) is 18.2 Å². The number of aliphatic hydroxyl groups is 1. The van der Waals surface area contributed by atoms with E-state index >= 15 is 0 Å². The summed E-state index contributed by atoms with van der Waals surface area (Å²) in [6.45, 7) is 2.51. The Bertz CT molecular complexity index is 1070. The summed E-state index contributed by atoms with van der Waals surface area (Å²) in [6.07, 6.45) is 0.797. The summed E-state index contributed by atoms with van der Waals surface area (Å²) >= 11 is 0. The van der Waals surface area contributed by atoms with Crippen LogP contribution in [-0.4, -0.2) is 62.2 Å². The van der Waals surface area contributed by atoms with Crippen LogP contribution in [0.2, 0.25) is 0 Å². The van der Waals surface area contributed by atoms with Crippen molar-refractivity contribution in [1.29, 1.82) is 0 Å². The molecule has 1 saturated heterocycles. The molecule has 168 valence electrons. The van der Waals surface area contributed by atoms with Crippen molar-refractivity contribution >= 4 is 23.1 Å². The maximum Gasteiger partial charge on any atom is 0.295 e. The summed E-state index contributed by atoms with van der Waals surface area (Å²) in [5, 5.41) is 11.2. The highest BCUT2D eigenvalue weighted by Crippen LogP contribution is 2.40. The van der Waals surface area contributed by atoms with Crippen molar-refractivity contribution in [1.82, 2.24) is 4.90 Å². The largest absolute Gasteiger partial charge is 0.507 e. The van der Waals surface area contributed by atoms with Crippen LogP contribution in [0.4, 0.5) is 5.69 Å². The molecular formula is C25H28N2O5. The Hall–Kier alpha value is -3.32. The Morgan fingerprint density at radius 2 is 1.91 bits per heavy atom. The third-order valence-corrected chi connectivity index (χ3v) is 5.97. The average molecular weight is 437 g/mol. The topological polar surface area (TPSA) is 79.3 Å². The van der Waals surface area contributed by atoms with Gasteiger partial charge in [0.2, 0.25) is 0 Å². The molecule has 1 amide bonds. The summed E-state index contributed by atoms with van der Waals surface area (Å²) in [5.74, 6) is -0.716. The van der Waals surface area contributed by atoms with E-state index in [0.717, 1.165) is 29.0 Å². The molecule has 2 aliphatic rings. The molecule has 7 nitrogen and oxygen atoms in total. The van der Waals surface area contributed by atoms with E-state index in [4.69, 9.17) is 9.47 Å². The van der Waals surface area contributed by atoms with E-state index in [2.05, 4.69) is 0 Å². The van der Waals surface area contributed by atoms with Gasteiger partial charge < -0.3 is 24.4 Å². The summed E-state index contributed by atoms with van der Waals surface area (Å²) < 4.78 is 10.9. The van der Waals surface area contributed by atoms with Gasteiger partial charge in [-0.2, -0.15) is 0 Å². The lowest BCUT2D eigenvalue weighted by Gasteiger charge is -2.25. The van der Waals surface area contributed by atoms with Gasteiger partial charge in [0.15, 0.2) is 0 Å². The number of anilines is 1. The number of ether oxygens (including phenoxy) is 2. The molecule has 2 heterocycles. The van der Waals surface area contributed by atoms with Crippen LogP contribution in [0.3, 0.4) is 0 Å². The van der Waals surface area contributed by atoms with Crippen molar-refractivity contribution < 1.29 is 24.2 Å². The van der Waals surface area contributed by atoms with Gasteiger partial charge >= 0.3 is 0 Å². The molecule has 1 N–H and O–H groups in total. The standard InChI is InChI=1S/C25H28N2O5/c1-15-13-18-14-17(7-10-20(18)32-15)23(28)21-22(16-5-8-19(9-6-16)26(2)3)27(11-12-31-4)25(30)24(21)29/h5-10,14-15,22,28H,11-13H2,1-4H3/t15-,22+/m0/s1. The average Bonchev–Trinajstić information content (AvgIpc) is 3.27. The summed E-state index contributed by atoms with van der Waals surface area (Å²) in [6, 6.07) is 12.3. The predicted molar refractivity (Wildman–Crippen MR) is 122 cm³/mol. The number of methoxy groups -OCH3 is 1. The Labute approximate surface area is 187 Å². The van der Waals surface area contributed by atoms with Gasteiger partial charge in [0.1, 0.15) is 17.6 Å². The quantitative estimate of drug-likeness (QED) is 0.426. The fourth-order valence-corrected chi connectivity index (χ4v) is 4.33. The van der Waals surface area contributed by atoms with E-state index < -0.39 is 17.7 Å². The van der Waals surface area contributed by atoms with Crippen LogP contribution in [0.25, 0.3) is 5.76 Å². The highest BCUT2D eigenvalue weighted by Gasteiger charge is 2.46. The van der Waals surface area contributed by atoms with Crippen molar-refractivity contribution in [3.8, 4) is 5.75 Å². The fraction of sp³-hybridized carbons (Fsp3) is 0.360. The highest BCUT2D eigenvalue weighted by atomic mass is 16.5. The van der Waals surface area contributed by atoms with Crippen LogP contribution >= 0.6 is 0 Å². The van der Waals surface area contributed by atoms with Gasteiger partial charge in [-0.3, -0.25) is 9.59 Å².